The van der Waals surface area contributed by atoms with Crippen molar-refractivity contribution in [2.24, 2.45) is 0 Å². The van der Waals surface area contributed by atoms with E-state index in [1.807, 2.05) is 0 Å². The van der Waals surface area contributed by atoms with Crippen molar-refractivity contribution in [2.45, 2.75) is 11.8 Å². The number of para-hydroxylation sites is 1. The number of nitrogens with zero attached hydrogens (tertiary/aromatic N) is 1. The third-order valence-electron chi connectivity index (χ3n) is 1.87. The van der Waals surface area contributed by atoms with E-state index in [1.54, 1.807) is 19.1 Å². The Hall–Kier alpha value is 0.236. The topological polar surface area (TPSA) is 83.1 Å². The van der Waals surface area contributed by atoms with Gasteiger partial charge in [0, 0.05) is 0 Å². The molecule has 76 valence electrons. The van der Waals surface area contributed by atoms with Gasteiger partial charge in [0.05, 0.1) is 5.52 Å². The van der Waals surface area contributed by atoms with Crippen LogP contribution >= 0.6 is 0 Å². The Morgan fingerprint density at radius 3 is 2.67 bits per heavy atom. The Bertz CT molecular complexity index is 591. The van der Waals surface area contributed by atoms with E-state index in [0.717, 1.165) is 0 Å². The number of fused-ring (bicyclic) bond motifs is 1. The first kappa shape index (κ1) is 13.3. The van der Waals surface area contributed by atoms with Crippen molar-refractivity contribution in [1.29, 1.82) is 0 Å². The molecule has 0 aliphatic rings. The maximum atomic E-state index is 11.0. The summed E-state index contributed by atoms with van der Waals surface area (Å²) in [6.07, 6.45) is 0. The van der Waals surface area contributed by atoms with E-state index in [0.29, 0.717) is 11.3 Å². The van der Waals surface area contributed by atoms with Crippen LogP contribution in [0, 0.1) is 6.92 Å². The van der Waals surface area contributed by atoms with Crippen LogP contribution in [0.15, 0.2) is 23.1 Å². The molecule has 0 atom stereocenters. The van der Waals surface area contributed by atoms with Gasteiger partial charge in [-0.15, -0.1) is 0 Å². The molecule has 2 aromatic rings. The van der Waals surface area contributed by atoms with Gasteiger partial charge in [-0.3, -0.25) is 4.55 Å². The fourth-order valence-corrected chi connectivity index (χ4v) is 1.99. The molecule has 0 saturated heterocycles. The number of hydrogen-bond acceptors (Lipinski definition) is 3. The average Bonchev–Trinajstić information content (AvgIpc) is 2.41. The summed E-state index contributed by atoms with van der Waals surface area (Å²) in [5, 5.41) is 0. The molecule has 0 fully saturated rings. The van der Waals surface area contributed by atoms with Gasteiger partial charge >= 0.3 is 51.4 Å². The molecule has 1 aromatic heterocycles. The molecule has 2 N–H and O–H groups in total. The Labute approximate surface area is 129 Å². The van der Waals surface area contributed by atoms with Crippen molar-refractivity contribution < 1.29 is 13.0 Å². The summed E-state index contributed by atoms with van der Waals surface area (Å²) in [6.45, 7) is 1.72. The summed E-state index contributed by atoms with van der Waals surface area (Å²) >= 11 is 0. The van der Waals surface area contributed by atoms with E-state index < -0.39 is 10.1 Å². The van der Waals surface area contributed by atoms with Gasteiger partial charge in [0.25, 0.3) is 10.1 Å². The Kier molecular flexibility index (Phi) is 4.10. The molecule has 1 aromatic carbocycles. The average molecular weight is 252 g/mol. The number of benzene rings is 1. The fourth-order valence-electron chi connectivity index (χ4n) is 1.34. The van der Waals surface area contributed by atoms with Gasteiger partial charge in [-0.2, -0.15) is 8.42 Å². The van der Waals surface area contributed by atoms with Crippen LogP contribution < -0.4 is 0 Å². The molecule has 0 aliphatic carbocycles. The van der Waals surface area contributed by atoms with Crippen LogP contribution in [0.5, 0.6) is 0 Å². The number of hydrogen-bond donors (Lipinski definition) is 2. The number of H-pyrrole nitrogens is 1. The zero-order chi connectivity index (χ0) is 10.3. The second-order valence-corrected chi connectivity index (χ2v) is 4.34. The normalized spacial score (nSPS) is 11.3. The van der Waals surface area contributed by atoms with E-state index in [2.05, 4.69) is 9.97 Å². The van der Waals surface area contributed by atoms with Crippen LogP contribution in [0.1, 0.15) is 5.82 Å². The monoisotopic (exact) mass is 252 g/mol. The van der Waals surface area contributed by atoms with Gasteiger partial charge in [-0.1, -0.05) is 6.07 Å². The molecule has 0 aliphatic heterocycles. The predicted molar refractivity (Wildman–Crippen MR) is 57.8 cm³/mol. The molecule has 0 spiro atoms. The van der Waals surface area contributed by atoms with Crippen LogP contribution in [0.25, 0.3) is 11.0 Å². The number of aromatic amines is 1. The molecular weight excluding hydrogens is 243 g/mol. The second kappa shape index (κ2) is 4.62. The van der Waals surface area contributed by atoms with E-state index in [9.17, 15) is 8.42 Å². The molecule has 1 heterocycles. The van der Waals surface area contributed by atoms with Gasteiger partial charge in [-0.05, 0) is 19.1 Å². The SMILES string of the molecule is Cc1nc2c(S(=O)(=O)O)cccc2[nH]1.[KH]. The summed E-state index contributed by atoms with van der Waals surface area (Å²) < 4.78 is 30.8. The van der Waals surface area contributed by atoms with Crippen molar-refractivity contribution in [2.75, 3.05) is 0 Å². The van der Waals surface area contributed by atoms with Crippen LogP contribution in [-0.2, 0) is 10.1 Å². The Balaban J connectivity index is 0.00000112. The molecule has 0 amide bonds. The van der Waals surface area contributed by atoms with Crippen molar-refractivity contribution >= 4 is 72.5 Å². The summed E-state index contributed by atoms with van der Waals surface area (Å²) in [6, 6.07) is 4.56. The minimum atomic E-state index is -4.20. The first-order valence-electron chi connectivity index (χ1n) is 3.91. The molecule has 0 bridgehead atoms. The van der Waals surface area contributed by atoms with Crippen molar-refractivity contribution in [3.63, 3.8) is 0 Å². The quantitative estimate of drug-likeness (QED) is 0.571. The number of aromatic nitrogens is 2. The number of imidazole rings is 1. The molecule has 2 rings (SSSR count). The van der Waals surface area contributed by atoms with Crippen LogP contribution in [0.4, 0.5) is 0 Å². The zero-order valence-corrected chi connectivity index (χ0v) is 8.17. The van der Waals surface area contributed by atoms with Crippen LogP contribution in [0.3, 0.4) is 0 Å². The first-order valence-corrected chi connectivity index (χ1v) is 5.35. The first-order chi connectivity index (χ1) is 6.48. The molecule has 5 nitrogen and oxygen atoms in total. The van der Waals surface area contributed by atoms with E-state index in [1.165, 1.54) is 6.07 Å². The maximum absolute atomic E-state index is 11.0. The van der Waals surface area contributed by atoms with E-state index in [4.69, 9.17) is 4.55 Å². The van der Waals surface area contributed by atoms with Crippen molar-refractivity contribution in [1.82, 2.24) is 9.97 Å². The van der Waals surface area contributed by atoms with Crippen LogP contribution in [0.2, 0.25) is 0 Å². The molecule has 15 heavy (non-hydrogen) atoms. The molecule has 0 saturated carbocycles. The third kappa shape index (κ3) is 2.67. The third-order valence-corrected chi connectivity index (χ3v) is 2.76. The number of nitrogens with one attached hydrogen (secondary N) is 1. The molecule has 0 radical (unpaired) electrons. The standard InChI is InChI=1S/C8H8N2O3S.K.H/c1-5-9-6-3-2-4-7(8(6)10-5)14(11,12)13;;/h2-4H,1H3,(H,9,10)(H,11,12,13);;. The van der Waals surface area contributed by atoms with Gasteiger partial charge in [0.1, 0.15) is 16.2 Å². The van der Waals surface area contributed by atoms with E-state index in [-0.39, 0.29) is 61.8 Å². The summed E-state index contributed by atoms with van der Waals surface area (Å²) in [7, 11) is -4.20. The van der Waals surface area contributed by atoms with E-state index >= 15 is 0 Å². The van der Waals surface area contributed by atoms with Gasteiger partial charge < -0.3 is 4.98 Å². The summed E-state index contributed by atoms with van der Waals surface area (Å²) in [4.78, 5) is 6.70. The molecule has 0 unspecified atom stereocenters. The predicted octanol–water partition coefficient (Wildman–Crippen LogP) is 0.470. The Morgan fingerprint density at radius 1 is 1.40 bits per heavy atom. The number of aryl methyl sites for hydroxylation is 1. The molecule has 7 heteroatoms. The second-order valence-electron chi connectivity index (χ2n) is 2.95. The van der Waals surface area contributed by atoms with Gasteiger partial charge in [0.2, 0.25) is 0 Å². The summed E-state index contributed by atoms with van der Waals surface area (Å²) in [5.41, 5.74) is 0.866. The Morgan fingerprint density at radius 2 is 2.07 bits per heavy atom. The minimum absolute atomic E-state index is 0. The summed E-state index contributed by atoms with van der Waals surface area (Å²) in [5.74, 6) is 0.608. The van der Waals surface area contributed by atoms with Gasteiger partial charge in [-0.25, -0.2) is 4.98 Å². The van der Waals surface area contributed by atoms with Crippen molar-refractivity contribution in [3.05, 3.63) is 24.0 Å². The van der Waals surface area contributed by atoms with Gasteiger partial charge in [0.15, 0.2) is 0 Å². The van der Waals surface area contributed by atoms with Crippen molar-refractivity contribution in [3.8, 4) is 0 Å². The zero-order valence-electron chi connectivity index (χ0n) is 7.35. The number of rotatable bonds is 1. The fraction of sp³-hybridized carbons (Fsp3) is 0.125. The molecular formula is C8H9KN2O3S. The van der Waals surface area contributed by atoms with Crippen LogP contribution in [-0.4, -0.2) is 74.3 Å².